The molecule has 2 aliphatic heterocycles. The van der Waals surface area contributed by atoms with Gasteiger partial charge in [0.2, 0.25) is 0 Å². The molecule has 1 saturated heterocycles. The highest BCUT2D eigenvalue weighted by atomic mass is 32.2. The van der Waals surface area contributed by atoms with Crippen LogP contribution in [0.15, 0.2) is 45.2 Å². The highest BCUT2D eigenvalue weighted by Crippen LogP contribution is 2.47. The van der Waals surface area contributed by atoms with Gasteiger partial charge in [0.25, 0.3) is 5.91 Å². The molecule has 1 aromatic carbocycles. The summed E-state index contributed by atoms with van der Waals surface area (Å²) < 4.78 is 0.211. The number of anilines is 1. The number of hydrogen-bond donors (Lipinski definition) is 2. The fourth-order valence-electron chi connectivity index (χ4n) is 2.55. The minimum absolute atomic E-state index is 0.0691. The number of β-amino-alcohol motifs (C(OH)–C–C–N with tert-alkyl or cyclic N) is 1. The Bertz CT molecular complexity index is 936. The Kier molecular flexibility index (Phi) is 5.86. The number of carboxylic acids is 1. The first-order valence-electron chi connectivity index (χ1n) is 7.70. The molecule has 0 bridgehead atoms. The number of carbonyl (C=O) groups excluding carboxylic acids is 1. The number of amides is 1. The van der Waals surface area contributed by atoms with Gasteiger partial charge in [-0.3, -0.25) is 14.5 Å². The number of thiocarbonyl (C=S) groups is 1. The van der Waals surface area contributed by atoms with Gasteiger partial charge in [-0.25, -0.2) is 4.85 Å². The Balaban J connectivity index is 1.87. The fraction of sp³-hybridized carbons (Fsp3) is 0.176. The lowest BCUT2D eigenvalue weighted by Gasteiger charge is -2.19. The number of nitrogens with zero attached hydrogens (tertiary/aromatic N) is 3. The van der Waals surface area contributed by atoms with Crippen molar-refractivity contribution in [3.63, 3.8) is 0 Å². The van der Waals surface area contributed by atoms with Crippen LogP contribution in [-0.2, 0) is 9.59 Å². The summed E-state index contributed by atoms with van der Waals surface area (Å²) in [5, 5.41) is 19.1. The molecule has 10 heteroatoms. The van der Waals surface area contributed by atoms with E-state index in [4.69, 9.17) is 23.9 Å². The summed E-state index contributed by atoms with van der Waals surface area (Å²) in [5.41, 5.74) is 1.34. The molecule has 0 spiro atoms. The summed E-state index contributed by atoms with van der Waals surface area (Å²) >= 11 is 7.60. The third-order valence-electron chi connectivity index (χ3n) is 3.71. The van der Waals surface area contributed by atoms with Gasteiger partial charge in [-0.1, -0.05) is 47.9 Å². The number of aliphatic hydroxyl groups is 1. The molecule has 1 amide bonds. The molecule has 0 saturated carbocycles. The summed E-state index contributed by atoms with van der Waals surface area (Å²) in [7, 11) is 0. The van der Waals surface area contributed by atoms with Crippen LogP contribution in [0.5, 0.6) is 0 Å². The smallest absolute Gasteiger partial charge is 0.323 e. The molecule has 7 nitrogen and oxygen atoms in total. The monoisotopic (exact) mass is 419 g/mol. The lowest BCUT2D eigenvalue weighted by molar-refractivity contribution is -0.140. The molecule has 0 aliphatic carbocycles. The Hall–Kier alpha value is -2.32. The van der Waals surface area contributed by atoms with Crippen molar-refractivity contribution in [2.75, 3.05) is 24.6 Å². The Morgan fingerprint density at radius 1 is 1.30 bits per heavy atom. The second-order valence-corrected chi connectivity index (χ2v) is 8.17. The van der Waals surface area contributed by atoms with Gasteiger partial charge in [-0.2, -0.15) is 0 Å². The highest BCUT2D eigenvalue weighted by Gasteiger charge is 2.33. The fourth-order valence-corrected chi connectivity index (χ4v) is 4.81. The van der Waals surface area contributed by atoms with E-state index in [1.165, 1.54) is 11.8 Å². The number of benzene rings is 1. The molecular formula is C17H13N3O4S3. The van der Waals surface area contributed by atoms with E-state index in [0.29, 0.717) is 17.1 Å². The van der Waals surface area contributed by atoms with Crippen LogP contribution in [0.3, 0.4) is 0 Å². The van der Waals surface area contributed by atoms with Gasteiger partial charge in [-0.15, -0.1) is 0 Å². The van der Waals surface area contributed by atoms with Crippen molar-refractivity contribution in [3.8, 4) is 0 Å². The zero-order chi connectivity index (χ0) is 19.6. The van der Waals surface area contributed by atoms with Crippen LogP contribution in [0, 0.1) is 6.57 Å². The molecule has 2 aliphatic rings. The topological polar surface area (TPSA) is 85.4 Å². The van der Waals surface area contributed by atoms with Crippen LogP contribution in [-0.4, -0.2) is 51.0 Å². The average Bonchev–Trinajstić information content (AvgIpc) is 3.11. The van der Waals surface area contributed by atoms with Crippen molar-refractivity contribution >= 4 is 63.3 Å². The van der Waals surface area contributed by atoms with Crippen LogP contribution in [0.25, 0.3) is 4.85 Å². The van der Waals surface area contributed by atoms with Crippen LogP contribution in [0.1, 0.15) is 0 Å². The Morgan fingerprint density at radius 3 is 2.74 bits per heavy atom. The molecule has 3 rings (SSSR count). The van der Waals surface area contributed by atoms with Crippen LogP contribution in [0.4, 0.5) is 11.4 Å². The maximum atomic E-state index is 12.3. The van der Waals surface area contributed by atoms with Crippen LogP contribution < -0.4 is 4.90 Å². The molecule has 2 N–H and O–H groups in total. The Morgan fingerprint density at radius 2 is 2.07 bits per heavy atom. The predicted octanol–water partition coefficient (Wildman–Crippen LogP) is 2.81. The maximum absolute atomic E-state index is 12.3. The molecular weight excluding hydrogens is 406 g/mol. The third-order valence-corrected chi connectivity index (χ3v) is 6.24. The van der Waals surface area contributed by atoms with Gasteiger partial charge < -0.3 is 15.1 Å². The van der Waals surface area contributed by atoms with Crippen molar-refractivity contribution in [3.05, 3.63) is 51.7 Å². The molecule has 138 valence electrons. The van der Waals surface area contributed by atoms with E-state index in [1.54, 1.807) is 24.3 Å². The van der Waals surface area contributed by atoms with E-state index < -0.39 is 18.4 Å². The summed E-state index contributed by atoms with van der Waals surface area (Å²) in [5.74, 6) is -1.56. The first kappa shape index (κ1) is 19.4. The molecule has 1 aromatic rings. The molecule has 0 atom stereocenters. The van der Waals surface area contributed by atoms with Crippen molar-refractivity contribution in [2.45, 2.75) is 4.90 Å². The van der Waals surface area contributed by atoms with E-state index in [2.05, 4.69) is 4.85 Å². The summed E-state index contributed by atoms with van der Waals surface area (Å²) in [6, 6.07) is 5.35. The highest BCUT2D eigenvalue weighted by molar-refractivity contribution is 8.26. The second kappa shape index (κ2) is 8.14. The molecule has 2 heterocycles. The molecule has 0 aromatic heterocycles. The van der Waals surface area contributed by atoms with E-state index >= 15 is 0 Å². The van der Waals surface area contributed by atoms with E-state index in [0.717, 1.165) is 32.3 Å². The zero-order valence-corrected chi connectivity index (χ0v) is 16.2. The number of fused-ring (bicyclic) bond motifs is 1. The number of aliphatic carboxylic acids is 1. The molecule has 1 fully saturated rings. The number of allylic oxidation sites excluding steroid dienone is 2. The largest absolute Gasteiger partial charge is 0.480 e. The molecule has 27 heavy (non-hydrogen) atoms. The lowest BCUT2D eigenvalue weighted by atomic mass is 10.2. The van der Waals surface area contributed by atoms with E-state index in [-0.39, 0.29) is 10.9 Å². The Labute approximate surface area is 169 Å². The van der Waals surface area contributed by atoms with Crippen molar-refractivity contribution in [2.24, 2.45) is 0 Å². The number of carbonyl (C=O) groups is 2. The van der Waals surface area contributed by atoms with Gasteiger partial charge in [0, 0.05) is 17.1 Å². The third kappa shape index (κ3) is 4.01. The zero-order valence-electron chi connectivity index (χ0n) is 13.8. The number of thioether (sulfide) groups is 2. The standard InChI is InChI=1S/C17H13N3O4S3/c1-18-10-2-3-12-11(8-10)19(6-7-21)14(26-12)5-4-13-16(24)20(9-15(22)23)17(25)27-13/h2-5,8,21H,6-7,9H2,(H,22,23)/b13-4+,14-5-. The van der Waals surface area contributed by atoms with Crippen LogP contribution >= 0.6 is 35.7 Å². The van der Waals surface area contributed by atoms with E-state index in [9.17, 15) is 14.7 Å². The number of carboxylic acid groups (broad SMARTS) is 1. The molecule has 0 unspecified atom stereocenters. The number of hydrogen-bond acceptors (Lipinski definition) is 7. The maximum Gasteiger partial charge on any atom is 0.323 e. The number of rotatable bonds is 5. The van der Waals surface area contributed by atoms with Gasteiger partial charge in [0.15, 0.2) is 5.69 Å². The summed E-state index contributed by atoms with van der Waals surface area (Å²) in [4.78, 5) is 30.9. The summed E-state index contributed by atoms with van der Waals surface area (Å²) in [6.45, 7) is 6.97. The predicted molar refractivity (Wildman–Crippen MR) is 109 cm³/mol. The SMILES string of the molecule is [C-]#[N+]c1ccc2c(c1)N(CCO)/C(=C/C=C1/SC(=S)N(CC(=O)O)C1=O)S2. The number of aliphatic hydroxyl groups excluding tert-OH is 1. The van der Waals surface area contributed by atoms with Gasteiger partial charge in [0.1, 0.15) is 10.9 Å². The van der Waals surface area contributed by atoms with Gasteiger partial charge in [-0.05, 0) is 18.2 Å². The first-order valence-corrected chi connectivity index (χ1v) is 9.74. The van der Waals surface area contributed by atoms with Crippen LogP contribution in [0.2, 0.25) is 0 Å². The van der Waals surface area contributed by atoms with Crippen molar-refractivity contribution < 1.29 is 19.8 Å². The molecule has 0 radical (unpaired) electrons. The first-order chi connectivity index (χ1) is 12.9. The minimum atomic E-state index is -1.13. The van der Waals surface area contributed by atoms with E-state index in [1.807, 2.05) is 11.0 Å². The van der Waals surface area contributed by atoms with Crippen molar-refractivity contribution in [1.82, 2.24) is 4.90 Å². The van der Waals surface area contributed by atoms with Gasteiger partial charge in [0.05, 0.1) is 23.1 Å². The van der Waals surface area contributed by atoms with Gasteiger partial charge >= 0.3 is 5.97 Å². The minimum Gasteiger partial charge on any atom is -0.480 e. The van der Waals surface area contributed by atoms with Crippen molar-refractivity contribution in [1.29, 1.82) is 0 Å². The quantitative estimate of drug-likeness (QED) is 0.428. The lowest BCUT2D eigenvalue weighted by Crippen LogP contribution is -2.33. The normalized spacial score (nSPS) is 19.1. The summed E-state index contributed by atoms with van der Waals surface area (Å²) in [6.07, 6.45) is 3.35. The second-order valence-electron chi connectivity index (χ2n) is 5.43. The average molecular weight is 420 g/mol.